The van der Waals surface area contributed by atoms with Crippen LogP contribution in [0, 0.1) is 0 Å². The molecule has 5 nitrogen and oxygen atoms in total. The number of hydrogen-bond acceptors (Lipinski definition) is 7. The molecule has 0 aliphatic carbocycles. The molecule has 146 valence electrons. The first kappa shape index (κ1) is 18.5. The molecule has 2 aromatic carbocycles. The zero-order valence-corrected chi connectivity index (χ0v) is 17.2. The second-order valence-corrected chi connectivity index (χ2v) is 8.51. The summed E-state index contributed by atoms with van der Waals surface area (Å²) in [6, 6.07) is 23.1. The van der Waals surface area contributed by atoms with Gasteiger partial charge in [-0.1, -0.05) is 60.7 Å². The smallest absolute Gasteiger partial charge is 0.230 e. The third-order valence-corrected chi connectivity index (χ3v) is 6.78. The summed E-state index contributed by atoms with van der Waals surface area (Å²) in [5, 5.41) is 21.9. The van der Waals surface area contributed by atoms with E-state index in [1.165, 1.54) is 22.7 Å². The molecule has 3 heterocycles. The van der Waals surface area contributed by atoms with Gasteiger partial charge >= 0.3 is 0 Å². The summed E-state index contributed by atoms with van der Waals surface area (Å²) in [5.74, 6) is 0.0204. The van der Waals surface area contributed by atoms with E-state index in [0.717, 1.165) is 21.6 Å². The van der Waals surface area contributed by atoms with E-state index in [0.29, 0.717) is 20.6 Å². The molecule has 0 saturated carbocycles. The van der Waals surface area contributed by atoms with E-state index >= 15 is 0 Å². The van der Waals surface area contributed by atoms with Crippen molar-refractivity contribution in [3.8, 4) is 53.9 Å². The lowest BCUT2D eigenvalue weighted by Crippen LogP contribution is -1.83. The van der Waals surface area contributed by atoms with Crippen molar-refractivity contribution in [2.45, 2.75) is 0 Å². The number of nitrogens with zero attached hydrogens (tertiary/aromatic N) is 3. The lowest BCUT2D eigenvalue weighted by Gasteiger charge is -1.98. The van der Waals surface area contributed by atoms with E-state index in [2.05, 4.69) is 15.0 Å². The standard InChI is InChI=1S/C23H15N3O2S2/c27-20-18(14-7-3-1-4-8-14)29-22(25-20)16-11-12-17(24-13-16)23-26-21(28)19(30-23)15-9-5-2-6-10-15/h1-13,27-28H. The highest BCUT2D eigenvalue weighted by molar-refractivity contribution is 7.19. The molecule has 7 heteroatoms. The SMILES string of the molecule is Oc1nc(-c2ccc(-c3nc(O)c(-c4ccccc4)s3)nc2)sc1-c1ccccc1. The third-order valence-electron chi connectivity index (χ3n) is 4.52. The normalized spacial score (nSPS) is 10.9. The van der Waals surface area contributed by atoms with Crippen molar-refractivity contribution in [2.24, 2.45) is 0 Å². The van der Waals surface area contributed by atoms with E-state index in [9.17, 15) is 10.2 Å². The minimum absolute atomic E-state index is 0.00410. The Balaban J connectivity index is 1.45. The van der Waals surface area contributed by atoms with Crippen LogP contribution in [-0.4, -0.2) is 25.2 Å². The fourth-order valence-corrected chi connectivity index (χ4v) is 4.96. The minimum Gasteiger partial charge on any atom is -0.492 e. The molecule has 3 aromatic heterocycles. The lowest BCUT2D eigenvalue weighted by atomic mass is 10.2. The predicted octanol–water partition coefficient (Wildman–Crippen LogP) is 6.07. The Bertz CT molecular complexity index is 1200. The second-order valence-electron chi connectivity index (χ2n) is 6.51. The van der Waals surface area contributed by atoms with Gasteiger partial charge in [0.05, 0.1) is 15.4 Å². The third kappa shape index (κ3) is 3.45. The van der Waals surface area contributed by atoms with Crippen LogP contribution in [0.1, 0.15) is 0 Å². The highest BCUT2D eigenvalue weighted by atomic mass is 32.1. The van der Waals surface area contributed by atoms with Crippen LogP contribution in [0.15, 0.2) is 79.0 Å². The van der Waals surface area contributed by atoms with Crippen LogP contribution in [-0.2, 0) is 0 Å². The fraction of sp³-hybridized carbons (Fsp3) is 0. The van der Waals surface area contributed by atoms with Crippen LogP contribution in [0.3, 0.4) is 0 Å². The molecule has 5 rings (SSSR count). The van der Waals surface area contributed by atoms with Crippen molar-refractivity contribution in [1.82, 2.24) is 15.0 Å². The van der Waals surface area contributed by atoms with Crippen LogP contribution >= 0.6 is 22.7 Å². The van der Waals surface area contributed by atoms with Gasteiger partial charge in [-0.05, 0) is 23.3 Å². The zero-order chi connectivity index (χ0) is 20.5. The highest BCUT2D eigenvalue weighted by Gasteiger charge is 2.16. The van der Waals surface area contributed by atoms with Crippen LogP contribution in [0.5, 0.6) is 11.8 Å². The molecule has 0 aliphatic heterocycles. The molecule has 0 atom stereocenters. The Morgan fingerprint density at radius 3 is 1.63 bits per heavy atom. The molecule has 0 amide bonds. The maximum atomic E-state index is 10.3. The molecule has 5 aromatic rings. The van der Waals surface area contributed by atoms with Crippen LogP contribution in [0.4, 0.5) is 0 Å². The molecule has 0 fully saturated rings. The molecule has 0 radical (unpaired) electrons. The first-order valence-corrected chi connectivity index (χ1v) is 10.8. The maximum Gasteiger partial charge on any atom is 0.230 e. The van der Waals surface area contributed by atoms with Gasteiger partial charge in [0.1, 0.15) is 10.0 Å². The average molecular weight is 430 g/mol. The Morgan fingerprint density at radius 1 is 0.567 bits per heavy atom. The first-order valence-electron chi connectivity index (χ1n) is 9.16. The first-order chi connectivity index (χ1) is 14.7. The van der Waals surface area contributed by atoms with Gasteiger partial charge in [0.15, 0.2) is 0 Å². The molecule has 0 aliphatic rings. The zero-order valence-electron chi connectivity index (χ0n) is 15.6. The van der Waals surface area contributed by atoms with Crippen molar-refractivity contribution in [3.63, 3.8) is 0 Å². The summed E-state index contributed by atoms with van der Waals surface area (Å²) in [6.07, 6.45) is 1.71. The van der Waals surface area contributed by atoms with Gasteiger partial charge < -0.3 is 10.2 Å². The summed E-state index contributed by atoms with van der Waals surface area (Å²) in [5.41, 5.74) is 3.33. The minimum atomic E-state index is 0.00410. The number of benzene rings is 2. The number of rotatable bonds is 4. The quantitative estimate of drug-likeness (QED) is 0.362. The fourth-order valence-electron chi connectivity index (χ4n) is 3.06. The topological polar surface area (TPSA) is 79.1 Å². The summed E-state index contributed by atoms with van der Waals surface area (Å²) in [7, 11) is 0. The number of thiazole rings is 2. The Kier molecular flexibility index (Phi) is 4.74. The monoisotopic (exact) mass is 429 g/mol. The van der Waals surface area contributed by atoms with Gasteiger partial charge in [-0.25, -0.2) is 4.98 Å². The molecular formula is C23H15N3O2S2. The Morgan fingerprint density at radius 2 is 1.10 bits per heavy atom. The molecule has 0 saturated heterocycles. The number of hydrogen-bond donors (Lipinski definition) is 2. The Hall–Kier alpha value is -3.55. The van der Waals surface area contributed by atoms with E-state index in [-0.39, 0.29) is 11.8 Å². The van der Waals surface area contributed by atoms with Crippen molar-refractivity contribution in [2.75, 3.05) is 0 Å². The van der Waals surface area contributed by atoms with Crippen molar-refractivity contribution in [3.05, 3.63) is 79.0 Å². The van der Waals surface area contributed by atoms with Crippen molar-refractivity contribution >= 4 is 22.7 Å². The summed E-state index contributed by atoms with van der Waals surface area (Å²) in [4.78, 5) is 14.5. The molecule has 0 unspecified atom stereocenters. The summed E-state index contributed by atoms with van der Waals surface area (Å²) < 4.78 is 0. The number of aromatic nitrogens is 3. The molecular weight excluding hydrogens is 414 g/mol. The molecule has 2 N–H and O–H groups in total. The van der Waals surface area contributed by atoms with Gasteiger partial charge in [-0.15, -0.1) is 22.7 Å². The Labute approximate surface area is 180 Å². The second kappa shape index (κ2) is 7.70. The van der Waals surface area contributed by atoms with E-state index < -0.39 is 0 Å². The van der Waals surface area contributed by atoms with E-state index in [1.807, 2.05) is 72.8 Å². The lowest BCUT2D eigenvalue weighted by molar-refractivity contribution is 0.459. The van der Waals surface area contributed by atoms with E-state index in [4.69, 9.17) is 0 Å². The van der Waals surface area contributed by atoms with Crippen molar-refractivity contribution in [1.29, 1.82) is 0 Å². The van der Waals surface area contributed by atoms with E-state index in [1.54, 1.807) is 6.20 Å². The number of aromatic hydroxyl groups is 2. The average Bonchev–Trinajstić information content (AvgIpc) is 3.38. The van der Waals surface area contributed by atoms with Gasteiger partial charge in [-0.2, -0.15) is 4.98 Å². The molecule has 30 heavy (non-hydrogen) atoms. The van der Waals surface area contributed by atoms with Gasteiger partial charge in [0.25, 0.3) is 0 Å². The highest BCUT2D eigenvalue weighted by Crippen LogP contribution is 2.41. The summed E-state index contributed by atoms with van der Waals surface area (Å²) >= 11 is 2.81. The van der Waals surface area contributed by atoms with Gasteiger partial charge in [0.2, 0.25) is 11.8 Å². The molecule has 0 spiro atoms. The predicted molar refractivity (Wildman–Crippen MR) is 121 cm³/mol. The van der Waals surface area contributed by atoms with Gasteiger partial charge in [-0.3, -0.25) is 4.98 Å². The van der Waals surface area contributed by atoms with Crippen LogP contribution in [0.25, 0.3) is 42.2 Å². The maximum absolute atomic E-state index is 10.3. The van der Waals surface area contributed by atoms with Crippen LogP contribution in [0.2, 0.25) is 0 Å². The largest absolute Gasteiger partial charge is 0.492 e. The number of pyridine rings is 1. The summed E-state index contributed by atoms with van der Waals surface area (Å²) in [6.45, 7) is 0. The van der Waals surface area contributed by atoms with Crippen LogP contribution < -0.4 is 0 Å². The molecule has 0 bridgehead atoms. The van der Waals surface area contributed by atoms with Crippen molar-refractivity contribution < 1.29 is 10.2 Å². The van der Waals surface area contributed by atoms with Gasteiger partial charge in [0, 0.05) is 11.8 Å².